The van der Waals surface area contributed by atoms with Crippen LogP contribution in [0.1, 0.15) is 22.8 Å². The Morgan fingerprint density at radius 2 is 1.92 bits per heavy atom. The van der Waals surface area contributed by atoms with E-state index in [1.807, 2.05) is 24.1 Å². The number of aromatic nitrogens is 2. The molecule has 1 aliphatic rings. The maximum atomic E-state index is 12.6. The number of amides is 1. The normalized spacial score (nSPS) is 15.1. The molecule has 0 saturated carbocycles. The SMILES string of the molecule is CCn1cc(CN2CCN(C(=O)c3ccc(OC)nc3)CC2)ccc1=O. The predicted octanol–water partition coefficient (Wildman–Crippen LogP) is 1.23. The van der Waals surface area contributed by atoms with Crippen LogP contribution < -0.4 is 10.3 Å². The number of hydrogen-bond acceptors (Lipinski definition) is 5. The van der Waals surface area contributed by atoms with Crippen LogP contribution in [0.15, 0.2) is 41.5 Å². The van der Waals surface area contributed by atoms with Crippen molar-refractivity contribution < 1.29 is 9.53 Å². The zero-order valence-corrected chi connectivity index (χ0v) is 15.2. The average molecular weight is 356 g/mol. The molecule has 3 rings (SSSR count). The Labute approximate surface area is 152 Å². The summed E-state index contributed by atoms with van der Waals surface area (Å²) in [7, 11) is 1.55. The fourth-order valence-corrected chi connectivity index (χ4v) is 3.10. The molecule has 3 heterocycles. The minimum Gasteiger partial charge on any atom is -0.481 e. The van der Waals surface area contributed by atoms with Crippen LogP contribution in [0.3, 0.4) is 0 Å². The molecule has 0 radical (unpaired) electrons. The summed E-state index contributed by atoms with van der Waals surface area (Å²) >= 11 is 0. The number of hydrogen-bond donors (Lipinski definition) is 0. The van der Waals surface area contributed by atoms with Crippen molar-refractivity contribution in [2.45, 2.75) is 20.0 Å². The number of pyridine rings is 2. The number of rotatable bonds is 5. The molecule has 0 aliphatic carbocycles. The summed E-state index contributed by atoms with van der Waals surface area (Å²) in [6.45, 7) is 6.39. The maximum Gasteiger partial charge on any atom is 0.255 e. The minimum atomic E-state index is -0.000615. The number of nitrogens with zero attached hydrogens (tertiary/aromatic N) is 4. The van der Waals surface area contributed by atoms with Crippen molar-refractivity contribution in [2.75, 3.05) is 33.3 Å². The summed E-state index contributed by atoms with van der Waals surface area (Å²) in [6, 6.07) is 6.95. The zero-order chi connectivity index (χ0) is 18.5. The molecule has 7 nitrogen and oxygen atoms in total. The lowest BCUT2D eigenvalue weighted by Gasteiger charge is -2.34. The Balaban J connectivity index is 1.56. The Morgan fingerprint density at radius 3 is 2.54 bits per heavy atom. The molecule has 1 amide bonds. The van der Waals surface area contributed by atoms with Gasteiger partial charge < -0.3 is 14.2 Å². The van der Waals surface area contributed by atoms with Crippen LogP contribution in [-0.2, 0) is 13.1 Å². The molecule has 2 aromatic heterocycles. The molecule has 0 unspecified atom stereocenters. The van der Waals surface area contributed by atoms with Gasteiger partial charge in [0, 0.05) is 63.8 Å². The molecule has 2 aromatic rings. The first-order valence-corrected chi connectivity index (χ1v) is 8.81. The van der Waals surface area contributed by atoms with Crippen molar-refractivity contribution in [3.8, 4) is 5.88 Å². The van der Waals surface area contributed by atoms with Crippen LogP contribution in [0.5, 0.6) is 5.88 Å². The highest BCUT2D eigenvalue weighted by Crippen LogP contribution is 2.13. The van der Waals surface area contributed by atoms with E-state index in [0.29, 0.717) is 31.1 Å². The zero-order valence-electron chi connectivity index (χ0n) is 15.2. The molecule has 1 aliphatic heterocycles. The second kappa shape index (κ2) is 8.14. The fourth-order valence-electron chi connectivity index (χ4n) is 3.10. The molecule has 1 fully saturated rings. The van der Waals surface area contributed by atoms with Gasteiger partial charge >= 0.3 is 0 Å². The Morgan fingerprint density at radius 1 is 1.15 bits per heavy atom. The van der Waals surface area contributed by atoms with Crippen molar-refractivity contribution in [3.05, 3.63) is 58.1 Å². The van der Waals surface area contributed by atoms with Crippen molar-refractivity contribution in [1.29, 1.82) is 0 Å². The first kappa shape index (κ1) is 18.1. The van der Waals surface area contributed by atoms with Gasteiger partial charge in [0.15, 0.2) is 0 Å². The summed E-state index contributed by atoms with van der Waals surface area (Å²) in [5, 5.41) is 0. The molecule has 138 valence electrons. The molecule has 0 N–H and O–H groups in total. The molecule has 0 bridgehead atoms. The first-order chi connectivity index (χ1) is 12.6. The van der Waals surface area contributed by atoms with Gasteiger partial charge in [-0.25, -0.2) is 4.98 Å². The Kier molecular flexibility index (Phi) is 5.68. The second-order valence-corrected chi connectivity index (χ2v) is 6.32. The van der Waals surface area contributed by atoms with Crippen LogP contribution >= 0.6 is 0 Å². The van der Waals surface area contributed by atoms with E-state index in [1.165, 1.54) is 0 Å². The summed E-state index contributed by atoms with van der Waals surface area (Å²) in [4.78, 5) is 32.5. The third-order valence-electron chi connectivity index (χ3n) is 4.64. The van der Waals surface area contributed by atoms with Crippen molar-refractivity contribution in [2.24, 2.45) is 0 Å². The third-order valence-corrected chi connectivity index (χ3v) is 4.64. The summed E-state index contributed by atoms with van der Waals surface area (Å²) in [6.07, 6.45) is 3.48. The minimum absolute atomic E-state index is 0.000615. The van der Waals surface area contributed by atoms with E-state index in [2.05, 4.69) is 9.88 Å². The summed E-state index contributed by atoms with van der Waals surface area (Å²) < 4.78 is 6.74. The lowest BCUT2D eigenvalue weighted by molar-refractivity contribution is 0.0627. The number of aryl methyl sites for hydroxylation is 1. The van der Waals surface area contributed by atoms with E-state index in [9.17, 15) is 9.59 Å². The average Bonchev–Trinajstić information content (AvgIpc) is 2.69. The fraction of sp³-hybridized carbons (Fsp3) is 0.421. The lowest BCUT2D eigenvalue weighted by Crippen LogP contribution is -2.48. The van der Waals surface area contributed by atoms with Gasteiger partial charge in [0.2, 0.25) is 5.88 Å². The number of piperazine rings is 1. The Bertz CT molecular complexity index is 808. The van der Waals surface area contributed by atoms with E-state index in [4.69, 9.17) is 4.74 Å². The van der Waals surface area contributed by atoms with Gasteiger partial charge in [-0.1, -0.05) is 6.07 Å². The number of ether oxygens (including phenoxy) is 1. The largest absolute Gasteiger partial charge is 0.481 e. The topological polar surface area (TPSA) is 67.7 Å². The van der Waals surface area contributed by atoms with Gasteiger partial charge in [0.1, 0.15) is 0 Å². The van der Waals surface area contributed by atoms with Crippen LogP contribution in [0.25, 0.3) is 0 Å². The standard InChI is InChI=1S/C19H24N4O3/c1-3-22-14-15(4-7-18(22)24)13-21-8-10-23(11-9-21)19(25)16-5-6-17(26-2)20-12-16/h4-7,12,14H,3,8-11,13H2,1-2H3. The Hall–Kier alpha value is -2.67. The highest BCUT2D eigenvalue weighted by Gasteiger charge is 2.22. The lowest BCUT2D eigenvalue weighted by atomic mass is 10.2. The van der Waals surface area contributed by atoms with E-state index in [0.717, 1.165) is 25.2 Å². The van der Waals surface area contributed by atoms with Gasteiger partial charge in [0.25, 0.3) is 11.5 Å². The third kappa shape index (κ3) is 4.11. The predicted molar refractivity (Wildman–Crippen MR) is 98.3 cm³/mol. The summed E-state index contributed by atoms with van der Waals surface area (Å²) in [5.74, 6) is 0.499. The van der Waals surface area contributed by atoms with Crippen LogP contribution in [0, 0.1) is 0 Å². The molecule has 7 heteroatoms. The van der Waals surface area contributed by atoms with Crippen molar-refractivity contribution >= 4 is 5.91 Å². The van der Waals surface area contributed by atoms with Gasteiger partial charge in [-0.2, -0.15) is 0 Å². The highest BCUT2D eigenvalue weighted by molar-refractivity contribution is 5.94. The second-order valence-electron chi connectivity index (χ2n) is 6.32. The quantitative estimate of drug-likeness (QED) is 0.806. The monoisotopic (exact) mass is 356 g/mol. The van der Waals surface area contributed by atoms with Crippen LogP contribution in [0.2, 0.25) is 0 Å². The number of methoxy groups -OCH3 is 1. The van der Waals surface area contributed by atoms with Gasteiger partial charge in [0.05, 0.1) is 12.7 Å². The molecular formula is C19H24N4O3. The van der Waals surface area contributed by atoms with E-state index in [1.54, 1.807) is 36.1 Å². The first-order valence-electron chi connectivity index (χ1n) is 8.81. The van der Waals surface area contributed by atoms with E-state index < -0.39 is 0 Å². The van der Waals surface area contributed by atoms with Gasteiger partial charge in [-0.05, 0) is 18.6 Å². The van der Waals surface area contributed by atoms with Gasteiger partial charge in [-0.3, -0.25) is 14.5 Å². The molecule has 0 atom stereocenters. The molecule has 26 heavy (non-hydrogen) atoms. The van der Waals surface area contributed by atoms with Gasteiger partial charge in [-0.15, -0.1) is 0 Å². The highest BCUT2D eigenvalue weighted by atomic mass is 16.5. The molecule has 0 aromatic carbocycles. The molecular weight excluding hydrogens is 332 g/mol. The van der Waals surface area contributed by atoms with E-state index in [-0.39, 0.29) is 11.5 Å². The molecule has 0 spiro atoms. The molecule has 1 saturated heterocycles. The van der Waals surface area contributed by atoms with Crippen molar-refractivity contribution in [3.63, 3.8) is 0 Å². The van der Waals surface area contributed by atoms with E-state index >= 15 is 0 Å². The van der Waals surface area contributed by atoms with Crippen LogP contribution in [-0.4, -0.2) is 58.5 Å². The number of carbonyl (C=O) groups is 1. The number of carbonyl (C=O) groups excluding carboxylic acids is 1. The van der Waals surface area contributed by atoms with Crippen LogP contribution in [0.4, 0.5) is 0 Å². The smallest absolute Gasteiger partial charge is 0.255 e. The maximum absolute atomic E-state index is 12.6. The van der Waals surface area contributed by atoms with Crippen molar-refractivity contribution in [1.82, 2.24) is 19.4 Å². The summed E-state index contributed by atoms with van der Waals surface area (Å²) in [5.41, 5.74) is 1.72.